The summed E-state index contributed by atoms with van der Waals surface area (Å²) in [5.74, 6) is 3.76. The van der Waals surface area contributed by atoms with Crippen molar-refractivity contribution in [3.8, 4) is 0 Å². The number of amides is 2. The normalized spacial score (nSPS) is 13.3. The Hall–Kier alpha value is -0.440. The standard InChI is InChI=1S/C58H118N4O2S2/c1-9-61(55(5)6)49-41-33-27-23-19-15-11-13-17-21-25-29-37-45-57(63)59-47-39-31-35-43-51-65-66-52-44-36-32-40-48-60-58(64)46-38-30-26-22-18-14-12-16-20-24-28-34-42-50-62(10-2,56(7)8)53-54(3)4/h54-56H,9-53H2,1-8H3,(H-,59,60,63,64)/p+2. The van der Waals surface area contributed by atoms with Gasteiger partial charge >= 0.3 is 0 Å². The van der Waals surface area contributed by atoms with Crippen molar-refractivity contribution in [1.29, 1.82) is 0 Å². The topological polar surface area (TPSA) is 62.6 Å². The van der Waals surface area contributed by atoms with E-state index in [4.69, 9.17) is 0 Å². The highest BCUT2D eigenvalue weighted by Gasteiger charge is 2.29. The monoisotopic (exact) mass is 969 g/mol. The highest BCUT2D eigenvalue weighted by Crippen LogP contribution is 2.25. The highest BCUT2D eigenvalue weighted by molar-refractivity contribution is 8.76. The summed E-state index contributed by atoms with van der Waals surface area (Å²) in [7, 11) is 4.06. The van der Waals surface area contributed by atoms with E-state index >= 15 is 0 Å². The lowest BCUT2D eigenvalue weighted by atomic mass is 10.0. The molecular formula is C58H120N4O2S2+2. The zero-order valence-electron chi connectivity index (χ0n) is 46.1. The van der Waals surface area contributed by atoms with Crippen LogP contribution in [0.3, 0.4) is 0 Å². The Kier molecular flexibility index (Phi) is 49.2. The smallest absolute Gasteiger partial charge is 0.219 e. The molecule has 2 atom stereocenters. The molecule has 0 heterocycles. The molecule has 0 aliphatic rings. The first-order valence-electron chi connectivity index (χ1n) is 29.6. The predicted octanol–water partition coefficient (Wildman–Crippen LogP) is 15.9. The van der Waals surface area contributed by atoms with Crippen LogP contribution in [0.15, 0.2) is 0 Å². The van der Waals surface area contributed by atoms with E-state index in [-0.39, 0.29) is 11.8 Å². The molecule has 6 nitrogen and oxygen atoms in total. The number of hydrogen-bond donors (Lipinski definition) is 3. The lowest BCUT2D eigenvalue weighted by molar-refractivity contribution is -0.949. The number of quaternary nitrogens is 2. The van der Waals surface area contributed by atoms with Crippen LogP contribution in [0.5, 0.6) is 0 Å². The fraction of sp³-hybridized carbons (Fsp3) is 0.966. The molecule has 0 aromatic heterocycles. The number of carbonyl (C=O) groups is 2. The molecule has 0 aliphatic heterocycles. The van der Waals surface area contributed by atoms with Crippen LogP contribution in [0, 0.1) is 5.92 Å². The van der Waals surface area contributed by atoms with E-state index in [1.165, 1.54) is 241 Å². The van der Waals surface area contributed by atoms with E-state index in [0.29, 0.717) is 12.8 Å². The molecule has 66 heavy (non-hydrogen) atoms. The van der Waals surface area contributed by atoms with Crippen molar-refractivity contribution in [2.45, 2.75) is 299 Å². The maximum absolute atomic E-state index is 12.2. The van der Waals surface area contributed by atoms with Crippen molar-refractivity contribution in [2.75, 3.05) is 57.3 Å². The van der Waals surface area contributed by atoms with Crippen LogP contribution in [0.2, 0.25) is 0 Å². The number of rotatable bonds is 53. The number of unbranched alkanes of at least 4 members (excludes halogenated alkanes) is 30. The molecule has 2 unspecified atom stereocenters. The van der Waals surface area contributed by atoms with Gasteiger partial charge in [0, 0.05) is 43.4 Å². The van der Waals surface area contributed by atoms with Crippen LogP contribution < -0.4 is 15.5 Å². The van der Waals surface area contributed by atoms with Gasteiger partial charge in [0.05, 0.1) is 44.8 Å². The summed E-state index contributed by atoms with van der Waals surface area (Å²) in [5.41, 5.74) is 0. The number of nitrogens with one attached hydrogen (secondary N) is 3. The number of carbonyl (C=O) groups excluding carboxylic acids is 2. The Morgan fingerprint density at radius 1 is 0.439 bits per heavy atom. The lowest BCUT2D eigenvalue weighted by Crippen LogP contribution is -3.14. The molecule has 394 valence electrons. The molecule has 0 saturated heterocycles. The SMILES string of the molecule is CC[NH+](CCCCCCCCCCCCCCCC(=O)NCCCCCCSSCCCCCCNC(=O)CCCCCCCCCCCCCCC[N+](CC)(CC(C)C)C(C)C)C(C)C. The van der Waals surface area contributed by atoms with Crippen LogP contribution in [-0.2, 0) is 9.59 Å². The molecule has 0 saturated carbocycles. The average Bonchev–Trinajstić information content (AvgIpc) is 3.29. The van der Waals surface area contributed by atoms with Gasteiger partial charge in [0.25, 0.3) is 0 Å². The van der Waals surface area contributed by atoms with Gasteiger partial charge in [-0.3, -0.25) is 9.59 Å². The first-order valence-corrected chi connectivity index (χ1v) is 32.0. The molecule has 8 heteroatoms. The van der Waals surface area contributed by atoms with E-state index < -0.39 is 0 Å². The Bertz CT molecular complexity index is 1030. The zero-order valence-corrected chi connectivity index (χ0v) is 47.8. The molecule has 0 fully saturated rings. The maximum Gasteiger partial charge on any atom is 0.219 e. The summed E-state index contributed by atoms with van der Waals surface area (Å²) < 4.78 is 1.30. The third-order valence-corrected chi connectivity index (χ3v) is 17.2. The van der Waals surface area contributed by atoms with Gasteiger partial charge in [-0.25, -0.2) is 0 Å². The lowest BCUT2D eigenvalue weighted by Gasteiger charge is -2.43. The maximum atomic E-state index is 12.2. The van der Waals surface area contributed by atoms with Crippen LogP contribution >= 0.6 is 21.6 Å². The Morgan fingerprint density at radius 2 is 0.773 bits per heavy atom. The number of hydrogen-bond acceptors (Lipinski definition) is 4. The fourth-order valence-corrected chi connectivity index (χ4v) is 12.4. The summed E-state index contributed by atoms with van der Waals surface area (Å²) in [6.07, 6.45) is 46.2. The first-order chi connectivity index (χ1) is 32.1. The van der Waals surface area contributed by atoms with Gasteiger partial charge in [-0.05, 0) is 106 Å². The molecule has 0 rings (SSSR count). The van der Waals surface area contributed by atoms with Crippen molar-refractivity contribution in [3.63, 3.8) is 0 Å². The van der Waals surface area contributed by atoms with Gasteiger partial charge < -0.3 is 20.0 Å². The van der Waals surface area contributed by atoms with Crippen molar-refractivity contribution >= 4 is 33.4 Å². The molecule has 2 amide bonds. The third-order valence-electron chi connectivity index (χ3n) is 14.7. The van der Waals surface area contributed by atoms with Gasteiger partial charge in [0.2, 0.25) is 11.8 Å². The van der Waals surface area contributed by atoms with Crippen LogP contribution in [0.4, 0.5) is 0 Å². The third kappa shape index (κ3) is 43.6. The van der Waals surface area contributed by atoms with E-state index in [2.05, 4.69) is 66.0 Å². The van der Waals surface area contributed by atoms with Crippen LogP contribution in [0.1, 0.15) is 287 Å². The minimum absolute atomic E-state index is 0.256. The molecule has 0 aliphatic carbocycles. The summed E-state index contributed by atoms with van der Waals surface area (Å²) in [6.45, 7) is 27.3. The molecule has 0 spiro atoms. The summed E-state index contributed by atoms with van der Waals surface area (Å²) in [5, 5.41) is 6.31. The molecule has 3 N–H and O–H groups in total. The van der Waals surface area contributed by atoms with Gasteiger partial charge in [-0.15, -0.1) is 0 Å². The van der Waals surface area contributed by atoms with Crippen LogP contribution in [0.25, 0.3) is 0 Å². The summed E-state index contributed by atoms with van der Waals surface area (Å²) in [4.78, 5) is 26.2. The molecule has 0 aromatic carbocycles. The van der Waals surface area contributed by atoms with Crippen molar-refractivity contribution in [1.82, 2.24) is 10.6 Å². The first kappa shape index (κ1) is 65.6. The average molecular weight is 970 g/mol. The minimum Gasteiger partial charge on any atom is -0.356 e. The van der Waals surface area contributed by atoms with Gasteiger partial charge in [0.1, 0.15) is 0 Å². The van der Waals surface area contributed by atoms with Gasteiger partial charge in [0.15, 0.2) is 0 Å². The molecule has 0 bridgehead atoms. The highest BCUT2D eigenvalue weighted by atomic mass is 33.1. The predicted molar refractivity (Wildman–Crippen MR) is 299 cm³/mol. The Morgan fingerprint density at radius 3 is 1.11 bits per heavy atom. The number of nitrogens with zero attached hydrogens (tertiary/aromatic N) is 1. The Labute approximate surface area is 422 Å². The van der Waals surface area contributed by atoms with Crippen molar-refractivity contribution < 1.29 is 19.0 Å². The quantitative estimate of drug-likeness (QED) is 0.0323. The summed E-state index contributed by atoms with van der Waals surface area (Å²) in [6, 6.07) is 1.50. The Balaban J connectivity index is 3.33. The van der Waals surface area contributed by atoms with Crippen molar-refractivity contribution in [3.05, 3.63) is 0 Å². The minimum atomic E-state index is 0.256. The van der Waals surface area contributed by atoms with E-state index in [1.54, 1.807) is 4.90 Å². The second-order valence-corrected chi connectivity index (χ2v) is 24.4. The summed E-state index contributed by atoms with van der Waals surface area (Å²) >= 11 is 0. The largest absolute Gasteiger partial charge is 0.356 e. The molecule has 0 aromatic rings. The molecule has 0 radical (unpaired) electrons. The zero-order chi connectivity index (χ0) is 48.6. The van der Waals surface area contributed by atoms with E-state index in [1.807, 2.05) is 21.6 Å². The fourth-order valence-electron chi connectivity index (χ4n) is 10.1. The van der Waals surface area contributed by atoms with E-state index in [0.717, 1.165) is 56.8 Å². The van der Waals surface area contributed by atoms with E-state index in [9.17, 15) is 9.59 Å². The van der Waals surface area contributed by atoms with Gasteiger partial charge in [-0.2, -0.15) is 0 Å². The second kappa shape index (κ2) is 49.5. The van der Waals surface area contributed by atoms with Gasteiger partial charge in [-0.1, -0.05) is 190 Å². The molecular weight excluding hydrogens is 849 g/mol. The van der Waals surface area contributed by atoms with Crippen molar-refractivity contribution in [2.24, 2.45) is 5.92 Å². The van der Waals surface area contributed by atoms with Crippen LogP contribution in [-0.4, -0.2) is 85.7 Å². The second-order valence-electron chi connectivity index (χ2n) is 21.7.